The first-order valence-electron chi connectivity index (χ1n) is 8.11. The van der Waals surface area contributed by atoms with E-state index in [2.05, 4.69) is 15.5 Å². The van der Waals surface area contributed by atoms with E-state index in [0.717, 1.165) is 11.3 Å². The fourth-order valence-electron chi connectivity index (χ4n) is 2.30. The Morgan fingerprint density at radius 2 is 2.12 bits per heavy atom. The summed E-state index contributed by atoms with van der Waals surface area (Å²) in [5.74, 6) is 2.08. The number of nitrogens with zero attached hydrogens (tertiary/aromatic N) is 2. The van der Waals surface area contributed by atoms with Gasteiger partial charge in [-0.1, -0.05) is 23.7 Å². The van der Waals surface area contributed by atoms with Crippen LogP contribution in [-0.2, 0) is 10.5 Å². The van der Waals surface area contributed by atoms with E-state index >= 15 is 0 Å². The smallest absolute Gasteiger partial charge is 0.238 e. The first-order valence-corrected chi connectivity index (χ1v) is 9.54. The van der Waals surface area contributed by atoms with Crippen molar-refractivity contribution in [2.45, 2.75) is 31.3 Å². The largest absolute Gasteiger partial charge is 0.444 e. The second-order valence-electron chi connectivity index (χ2n) is 5.67. The Balaban J connectivity index is 1.58. The number of thioether (sulfide) groups is 1. The lowest BCUT2D eigenvalue weighted by atomic mass is 10.2. The van der Waals surface area contributed by atoms with Crippen LogP contribution >= 0.6 is 23.4 Å². The summed E-state index contributed by atoms with van der Waals surface area (Å²) in [6.45, 7) is 3.74. The molecule has 0 bridgehead atoms. The number of hydrogen-bond donors (Lipinski definition) is 1. The van der Waals surface area contributed by atoms with Crippen LogP contribution in [0.3, 0.4) is 0 Å². The third-order valence-corrected chi connectivity index (χ3v) is 5.28. The van der Waals surface area contributed by atoms with Crippen LogP contribution in [0.5, 0.6) is 0 Å². The Labute approximate surface area is 160 Å². The topological polar surface area (TPSA) is 81.2 Å². The van der Waals surface area contributed by atoms with Gasteiger partial charge >= 0.3 is 0 Å². The Kier molecular flexibility index (Phi) is 6.00. The molecule has 0 saturated carbocycles. The maximum absolute atomic E-state index is 12.4. The van der Waals surface area contributed by atoms with E-state index in [1.165, 1.54) is 11.8 Å². The van der Waals surface area contributed by atoms with Crippen molar-refractivity contribution in [2.75, 3.05) is 5.32 Å². The SMILES string of the molecule is CC[C@H](SCc1coc(-c2ccc(Cl)cc2)n1)C(=O)Nc1cc(C)on1. The number of halogens is 1. The van der Waals surface area contributed by atoms with E-state index in [1.54, 1.807) is 31.4 Å². The van der Waals surface area contributed by atoms with Gasteiger partial charge in [0.15, 0.2) is 5.82 Å². The molecule has 0 aliphatic carbocycles. The molecule has 1 N–H and O–H groups in total. The summed E-state index contributed by atoms with van der Waals surface area (Å²) < 4.78 is 10.5. The lowest BCUT2D eigenvalue weighted by Gasteiger charge is -2.12. The minimum Gasteiger partial charge on any atom is -0.444 e. The minimum atomic E-state index is -0.220. The van der Waals surface area contributed by atoms with Gasteiger partial charge < -0.3 is 14.3 Å². The molecule has 1 atom stereocenters. The summed E-state index contributed by atoms with van der Waals surface area (Å²) in [6.07, 6.45) is 2.30. The second-order valence-corrected chi connectivity index (χ2v) is 7.30. The van der Waals surface area contributed by atoms with Crippen molar-refractivity contribution >= 4 is 35.1 Å². The molecule has 0 unspecified atom stereocenters. The summed E-state index contributed by atoms with van der Waals surface area (Å²) in [7, 11) is 0. The van der Waals surface area contributed by atoms with Crippen LogP contribution < -0.4 is 5.32 Å². The highest BCUT2D eigenvalue weighted by molar-refractivity contribution is 7.99. The van der Waals surface area contributed by atoms with Crippen molar-refractivity contribution in [3.8, 4) is 11.5 Å². The molecule has 1 aromatic carbocycles. The zero-order valence-electron chi connectivity index (χ0n) is 14.4. The van der Waals surface area contributed by atoms with Crippen molar-refractivity contribution < 1.29 is 13.7 Å². The number of amides is 1. The number of carbonyl (C=O) groups is 1. The van der Waals surface area contributed by atoms with Gasteiger partial charge in [0.1, 0.15) is 12.0 Å². The van der Waals surface area contributed by atoms with Crippen LogP contribution in [0.4, 0.5) is 5.82 Å². The summed E-state index contributed by atoms with van der Waals surface area (Å²) in [6, 6.07) is 8.98. The maximum atomic E-state index is 12.4. The van der Waals surface area contributed by atoms with Gasteiger partial charge in [0.05, 0.1) is 10.9 Å². The van der Waals surface area contributed by atoms with Gasteiger partial charge in [-0.3, -0.25) is 4.79 Å². The molecule has 0 radical (unpaired) electrons. The molecule has 3 aromatic rings. The van der Waals surface area contributed by atoms with Crippen molar-refractivity contribution in [2.24, 2.45) is 0 Å². The van der Waals surface area contributed by atoms with Gasteiger partial charge in [0.2, 0.25) is 11.8 Å². The average molecular weight is 392 g/mol. The molecule has 0 aliphatic rings. The fraction of sp³-hybridized carbons (Fsp3) is 0.278. The van der Waals surface area contributed by atoms with Crippen LogP contribution in [0.15, 0.2) is 45.5 Å². The summed E-state index contributed by atoms with van der Waals surface area (Å²) in [5.41, 5.74) is 1.64. The van der Waals surface area contributed by atoms with E-state index in [9.17, 15) is 4.79 Å². The Morgan fingerprint density at radius 1 is 1.35 bits per heavy atom. The predicted molar refractivity (Wildman–Crippen MR) is 102 cm³/mol. The highest BCUT2D eigenvalue weighted by Gasteiger charge is 2.19. The zero-order valence-corrected chi connectivity index (χ0v) is 15.9. The number of oxazole rings is 1. The monoisotopic (exact) mass is 391 g/mol. The highest BCUT2D eigenvalue weighted by Crippen LogP contribution is 2.25. The van der Waals surface area contributed by atoms with E-state index in [0.29, 0.717) is 34.7 Å². The molecule has 2 heterocycles. The van der Waals surface area contributed by atoms with Gasteiger partial charge in [-0.2, -0.15) is 0 Å². The molecule has 2 aromatic heterocycles. The third-order valence-electron chi connectivity index (χ3n) is 3.62. The molecule has 136 valence electrons. The summed E-state index contributed by atoms with van der Waals surface area (Å²) in [5, 5.41) is 6.99. The Morgan fingerprint density at radius 3 is 2.77 bits per heavy atom. The van der Waals surface area contributed by atoms with Gasteiger partial charge in [-0.25, -0.2) is 4.98 Å². The number of aryl methyl sites for hydroxylation is 1. The average Bonchev–Trinajstić information content (AvgIpc) is 3.25. The molecule has 0 spiro atoms. The van der Waals surface area contributed by atoms with E-state index in [4.69, 9.17) is 20.5 Å². The van der Waals surface area contributed by atoms with Gasteiger partial charge in [-0.15, -0.1) is 11.8 Å². The normalized spacial score (nSPS) is 12.1. The van der Waals surface area contributed by atoms with Crippen molar-refractivity contribution in [3.05, 3.63) is 53.1 Å². The van der Waals surface area contributed by atoms with Crippen LogP contribution in [0.1, 0.15) is 24.8 Å². The van der Waals surface area contributed by atoms with E-state index < -0.39 is 0 Å². The van der Waals surface area contributed by atoms with Crippen LogP contribution in [0, 0.1) is 6.92 Å². The summed E-state index contributed by atoms with van der Waals surface area (Å²) in [4.78, 5) is 16.8. The number of rotatable bonds is 7. The first-order chi connectivity index (χ1) is 12.5. The third kappa shape index (κ3) is 4.68. The molecule has 1 amide bonds. The van der Waals surface area contributed by atoms with Crippen LogP contribution in [0.25, 0.3) is 11.5 Å². The number of carbonyl (C=O) groups excluding carboxylic acids is 1. The number of benzene rings is 1. The molecule has 3 rings (SSSR count). The van der Waals surface area contributed by atoms with Crippen molar-refractivity contribution in [1.29, 1.82) is 0 Å². The molecular formula is C18H18ClN3O3S. The highest BCUT2D eigenvalue weighted by atomic mass is 35.5. The van der Waals surface area contributed by atoms with Crippen molar-refractivity contribution in [3.63, 3.8) is 0 Å². The number of aromatic nitrogens is 2. The van der Waals surface area contributed by atoms with Gasteiger partial charge in [-0.05, 0) is 37.6 Å². The van der Waals surface area contributed by atoms with Gasteiger partial charge in [0, 0.05) is 22.4 Å². The second kappa shape index (κ2) is 8.42. The Bertz CT molecular complexity index is 876. The minimum absolute atomic E-state index is 0.104. The lowest BCUT2D eigenvalue weighted by Crippen LogP contribution is -2.24. The molecule has 8 heteroatoms. The molecular weight excluding hydrogens is 374 g/mol. The molecule has 0 aliphatic heterocycles. The fourth-order valence-corrected chi connectivity index (χ4v) is 3.37. The zero-order chi connectivity index (χ0) is 18.5. The number of hydrogen-bond acceptors (Lipinski definition) is 6. The number of anilines is 1. The van der Waals surface area contributed by atoms with Gasteiger partial charge in [0.25, 0.3) is 0 Å². The van der Waals surface area contributed by atoms with E-state index in [-0.39, 0.29) is 11.2 Å². The predicted octanol–water partition coefficient (Wildman–Crippen LogP) is 4.94. The number of nitrogens with one attached hydrogen (secondary N) is 1. The van der Waals surface area contributed by atoms with Crippen LogP contribution in [-0.4, -0.2) is 21.3 Å². The first kappa shape index (κ1) is 18.5. The summed E-state index contributed by atoms with van der Waals surface area (Å²) >= 11 is 7.40. The molecule has 26 heavy (non-hydrogen) atoms. The van der Waals surface area contributed by atoms with Crippen molar-refractivity contribution in [1.82, 2.24) is 10.1 Å². The Hall–Kier alpha value is -2.25. The lowest BCUT2D eigenvalue weighted by molar-refractivity contribution is -0.115. The standard InChI is InChI=1S/C18H18ClN3O3S/c1-3-15(17(23)21-16-8-11(2)25-22-16)26-10-14-9-24-18(20-14)12-4-6-13(19)7-5-12/h4-9,15H,3,10H2,1-2H3,(H,21,22,23)/t15-/m0/s1. The molecule has 0 fully saturated rings. The van der Waals surface area contributed by atoms with Crippen LogP contribution in [0.2, 0.25) is 5.02 Å². The quantitative estimate of drug-likeness (QED) is 0.614. The van der Waals surface area contributed by atoms with E-state index in [1.807, 2.05) is 19.1 Å². The maximum Gasteiger partial charge on any atom is 0.238 e. The molecule has 6 nitrogen and oxygen atoms in total. The molecule has 0 saturated heterocycles.